The quantitative estimate of drug-likeness (QED) is 0.480. The minimum atomic E-state index is -0.586. The SMILES string of the molecule is CCCNC(=O)[C@H](Cc1ccccc1)N(Cc1ccccc1)C(=O)Cc1cc(C)cc(C)c1. The molecule has 0 spiro atoms. The van der Waals surface area contributed by atoms with Crippen LogP contribution in [0.5, 0.6) is 0 Å². The van der Waals surface area contributed by atoms with Gasteiger partial charge in [0.2, 0.25) is 11.8 Å². The largest absolute Gasteiger partial charge is 0.354 e. The van der Waals surface area contributed by atoms with Gasteiger partial charge in [-0.15, -0.1) is 0 Å². The standard InChI is InChI=1S/C29H34N2O2/c1-4-15-30-29(33)27(19-24-11-7-5-8-12-24)31(21-25-13-9-6-10-14-25)28(32)20-26-17-22(2)16-23(3)18-26/h5-14,16-18,27H,4,15,19-21H2,1-3H3,(H,30,33)/t27-/m0/s1. The second-order valence-corrected chi connectivity index (χ2v) is 8.68. The van der Waals surface area contributed by atoms with Crippen LogP contribution in [0.25, 0.3) is 0 Å². The first-order valence-corrected chi connectivity index (χ1v) is 11.7. The lowest BCUT2D eigenvalue weighted by Gasteiger charge is -2.31. The maximum atomic E-state index is 13.7. The van der Waals surface area contributed by atoms with E-state index in [-0.39, 0.29) is 18.2 Å². The van der Waals surface area contributed by atoms with Crippen LogP contribution in [-0.2, 0) is 29.0 Å². The zero-order valence-corrected chi connectivity index (χ0v) is 19.9. The van der Waals surface area contributed by atoms with Crippen LogP contribution in [0.3, 0.4) is 0 Å². The van der Waals surface area contributed by atoms with Gasteiger partial charge in [-0.2, -0.15) is 0 Å². The minimum absolute atomic E-state index is 0.0450. The molecule has 0 fully saturated rings. The Labute approximate surface area is 197 Å². The fourth-order valence-corrected chi connectivity index (χ4v) is 4.15. The summed E-state index contributed by atoms with van der Waals surface area (Å²) in [6.45, 7) is 7.09. The number of carbonyl (C=O) groups is 2. The van der Waals surface area contributed by atoms with Crippen molar-refractivity contribution in [3.63, 3.8) is 0 Å². The molecule has 1 N–H and O–H groups in total. The number of hydrogen-bond acceptors (Lipinski definition) is 2. The molecular formula is C29H34N2O2. The van der Waals surface area contributed by atoms with Crippen LogP contribution in [0.1, 0.15) is 41.2 Å². The summed E-state index contributed by atoms with van der Waals surface area (Å²) in [5.74, 6) is -0.151. The summed E-state index contributed by atoms with van der Waals surface area (Å²) in [4.78, 5) is 28.7. The van der Waals surface area contributed by atoms with Crippen LogP contribution >= 0.6 is 0 Å². The Kier molecular flexibility index (Phi) is 8.82. The highest BCUT2D eigenvalue weighted by atomic mass is 16.2. The van der Waals surface area contributed by atoms with E-state index in [1.807, 2.05) is 81.4 Å². The van der Waals surface area contributed by atoms with E-state index in [0.717, 1.165) is 34.2 Å². The summed E-state index contributed by atoms with van der Waals surface area (Å²) >= 11 is 0. The van der Waals surface area contributed by atoms with Crippen molar-refractivity contribution in [3.8, 4) is 0 Å². The van der Waals surface area contributed by atoms with Crippen molar-refractivity contribution < 1.29 is 9.59 Å². The zero-order valence-electron chi connectivity index (χ0n) is 19.9. The fraction of sp³-hybridized carbons (Fsp3) is 0.310. The van der Waals surface area contributed by atoms with Gasteiger partial charge in [-0.1, -0.05) is 96.9 Å². The second kappa shape index (κ2) is 12.0. The summed E-state index contributed by atoms with van der Waals surface area (Å²) < 4.78 is 0. The topological polar surface area (TPSA) is 49.4 Å². The lowest BCUT2D eigenvalue weighted by Crippen LogP contribution is -2.51. The first-order chi connectivity index (χ1) is 16.0. The Hall–Kier alpha value is -3.40. The van der Waals surface area contributed by atoms with E-state index in [1.165, 1.54) is 0 Å². The third-order valence-electron chi connectivity index (χ3n) is 5.65. The monoisotopic (exact) mass is 442 g/mol. The number of nitrogens with zero attached hydrogens (tertiary/aromatic N) is 1. The van der Waals surface area contributed by atoms with Gasteiger partial charge in [0.25, 0.3) is 0 Å². The Morgan fingerprint density at radius 3 is 1.97 bits per heavy atom. The molecule has 4 nitrogen and oxygen atoms in total. The molecule has 4 heteroatoms. The van der Waals surface area contributed by atoms with Crippen molar-refractivity contribution in [2.24, 2.45) is 0 Å². The normalized spacial score (nSPS) is 11.6. The molecule has 0 aliphatic carbocycles. The van der Waals surface area contributed by atoms with Crippen molar-refractivity contribution in [1.29, 1.82) is 0 Å². The van der Waals surface area contributed by atoms with Gasteiger partial charge in [-0.25, -0.2) is 0 Å². The molecule has 1 atom stereocenters. The van der Waals surface area contributed by atoms with Crippen LogP contribution in [0.15, 0.2) is 78.9 Å². The zero-order chi connectivity index (χ0) is 23.6. The van der Waals surface area contributed by atoms with Gasteiger partial charge >= 0.3 is 0 Å². The fourth-order valence-electron chi connectivity index (χ4n) is 4.15. The first kappa shape index (κ1) is 24.2. The van der Waals surface area contributed by atoms with Crippen molar-refractivity contribution in [2.75, 3.05) is 6.54 Å². The lowest BCUT2D eigenvalue weighted by atomic mass is 10.0. The molecule has 0 unspecified atom stereocenters. The summed E-state index contributed by atoms with van der Waals surface area (Å²) in [6.07, 6.45) is 1.59. The van der Waals surface area contributed by atoms with E-state index < -0.39 is 6.04 Å². The Bertz CT molecular complexity index is 1030. The average Bonchev–Trinajstić information content (AvgIpc) is 2.80. The van der Waals surface area contributed by atoms with Crippen LogP contribution in [0, 0.1) is 13.8 Å². The smallest absolute Gasteiger partial charge is 0.243 e. The van der Waals surface area contributed by atoms with E-state index >= 15 is 0 Å². The van der Waals surface area contributed by atoms with Crippen molar-refractivity contribution in [3.05, 3.63) is 107 Å². The van der Waals surface area contributed by atoms with Crippen molar-refractivity contribution in [2.45, 2.75) is 52.6 Å². The molecule has 2 amide bonds. The number of benzene rings is 3. The summed E-state index contributed by atoms with van der Waals surface area (Å²) in [7, 11) is 0. The van der Waals surface area contributed by atoms with Crippen molar-refractivity contribution in [1.82, 2.24) is 10.2 Å². The van der Waals surface area contributed by atoms with Crippen molar-refractivity contribution >= 4 is 11.8 Å². The number of carbonyl (C=O) groups excluding carboxylic acids is 2. The third-order valence-corrected chi connectivity index (χ3v) is 5.65. The van der Waals surface area contributed by atoms with Gasteiger partial charge in [-0.3, -0.25) is 9.59 Å². The Morgan fingerprint density at radius 2 is 1.39 bits per heavy atom. The molecule has 0 aliphatic heterocycles. The minimum Gasteiger partial charge on any atom is -0.354 e. The molecule has 0 saturated heterocycles. The molecule has 0 heterocycles. The summed E-state index contributed by atoms with van der Waals surface area (Å²) in [5.41, 5.74) is 5.28. The van der Waals surface area contributed by atoms with Crippen LogP contribution in [0.2, 0.25) is 0 Å². The first-order valence-electron chi connectivity index (χ1n) is 11.7. The summed E-state index contributed by atoms with van der Waals surface area (Å²) in [5, 5.41) is 3.02. The lowest BCUT2D eigenvalue weighted by molar-refractivity contribution is -0.140. The van der Waals surface area contributed by atoms with E-state index in [2.05, 4.69) is 23.5 Å². The number of hydrogen-bond donors (Lipinski definition) is 1. The molecule has 0 aromatic heterocycles. The molecule has 3 aromatic carbocycles. The van der Waals surface area contributed by atoms with Gasteiger partial charge in [-0.05, 0) is 37.0 Å². The molecule has 0 radical (unpaired) electrons. The average molecular weight is 443 g/mol. The van der Waals surface area contributed by atoms with Gasteiger partial charge in [0.15, 0.2) is 0 Å². The Balaban J connectivity index is 1.94. The maximum Gasteiger partial charge on any atom is 0.243 e. The van der Waals surface area contributed by atoms with Gasteiger partial charge < -0.3 is 10.2 Å². The van der Waals surface area contributed by atoms with E-state index in [4.69, 9.17) is 0 Å². The molecule has 33 heavy (non-hydrogen) atoms. The predicted octanol–water partition coefficient (Wildman–Crippen LogP) is 5.01. The Morgan fingerprint density at radius 1 is 0.818 bits per heavy atom. The molecule has 0 aliphatic rings. The third kappa shape index (κ3) is 7.31. The highest BCUT2D eigenvalue weighted by Crippen LogP contribution is 2.18. The highest BCUT2D eigenvalue weighted by molar-refractivity contribution is 5.88. The van der Waals surface area contributed by atoms with Gasteiger partial charge in [0.1, 0.15) is 6.04 Å². The molecule has 3 rings (SSSR count). The molecule has 0 bridgehead atoms. The number of nitrogens with one attached hydrogen (secondary N) is 1. The number of aryl methyl sites for hydroxylation is 2. The maximum absolute atomic E-state index is 13.7. The number of rotatable bonds is 10. The van der Waals surface area contributed by atoms with Crippen LogP contribution < -0.4 is 5.32 Å². The molecule has 0 saturated carbocycles. The highest BCUT2D eigenvalue weighted by Gasteiger charge is 2.30. The molecular weight excluding hydrogens is 408 g/mol. The van der Waals surface area contributed by atoms with Gasteiger partial charge in [0, 0.05) is 19.5 Å². The van der Waals surface area contributed by atoms with E-state index in [9.17, 15) is 9.59 Å². The van der Waals surface area contributed by atoms with Crippen LogP contribution in [0.4, 0.5) is 0 Å². The van der Waals surface area contributed by atoms with Gasteiger partial charge in [0.05, 0.1) is 6.42 Å². The second-order valence-electron chi connectivity index (χ2n) is 8.68. The van der Waals surface area contributed by atoms with Crippen LogP contribution in [-0.4, -0.2) is 29.3 Å². The van der Waals surface area contributed by atoms with E-state index in [0.29, 0.717) is 19.5 Å². The molecule has 172 valence electrons. The number of amides is 2. The molecule has 3 aromatic rings. The predicted molar refractivity (Wildman–Crippen MR) is 134 cm³/mol. The van der Waals surface area contributed by atoms with E-state index in [1.54, 1.807) is 4.90 Å². The summed E-state index contributed by atoms with van der Waals surface area (Å²) in [6, 6.07) is 25.4.